The third-order valence-corrected chi connectivity index (χ3v) is 4.28. The highest BCUT2D eigenvalue weighted by Gasteiger charge is 2.37. The average molecular weight is 354 g/mol. The summed E-state index contributed by atoms with van der Waals surface area (Å²) >= 11 is 3.44. The number of carbonyl (C=O) groups is 2. The van der Waals surface area contributed by atoms with Gasteiger partial charge in [0.2, 0.25) is 11.8 Å². The largest absolute Gasteiger partial charge is 0.350 e. The van der Waals surface area contributed by atoms with E-state index < -0.39 is 5.54 Å². The molecule has 0 radical (unpaired) electrons. The minimum Gasteiger partial charge on any atom is -0.350 e. The molecule has 0 aliphatic carbocycles. The zero-order chi connectivity index (χ0) is 15.6. The van der Waals surface area contributed by atoms with Crippen LogP contribution in [0.25, 0.3) is 0 Å². The molecule has 1 aliphatic rings. The lowest BCUT2D eigenvalue weighted by Gasteiger charge is -2.26. The summed E-state index contributed by atoms with van der Waals surface area (Å²) in [7, 11) is 0. The molecule has 21 heavy (non-hydrogen) atoms. The lowest BCUT2D eigenvalue weighted by molar-refractivity contribution is -0.127. The molecule has 5 nitrogen and oxygen atoms in total. The molecule has 1 aromatic carbocycles. The number of anilines is 1. The second-order valence-corrected chi connectivity index (χ2v) is 6.79. The summed E-state index contributed by atoms with van der Waals surface area (Å²) in [5.74, 6) is -0.489. The first-order chi connectivity index (χ1) is 9.84. The Balaban J connectivity index is 2.10. The quantitative estimate of drug-likeness (QED) is 0.864. The maximum Gasteiger partial charge on any atom is 0.227 e. The van der Waals surface area contributed by atoms with Crippen molar-refractivity contribution in [1.82, 2.24) is 5.32 Å². The predicted molar refractivity (Wildman–Crippen MR) is 85.9 cm³/mol. The van der Waals surface area contributed by atoms with E-state index in [0.29, 0.717) is 13.1 Å². The normalized spacial score (nSPS) is 19.0. The highest BCUT2D eigenvalue weighted by molar-refractivity contribution is 9.10. The number of nitrogens with one attached hydrogen (secondary N) is 1. The van der Waals surface area contributed by atoms with E-state index in [4.69, 9.17) is 5.73 Å². The number of carbonyl (C=O) groups excluding carboxylic acids is 2. The van der Waals surface area contributed by atoms with Gasteiger partial charge in [0.15, 0.2) is 0 Å². The summed E-state index contributed by atoms with van der Waals surface area (Å²) in [4.78, 5) is 26.1. The van der Waals surface area contributed by atoms with Crippen molar-refractivity contribution in [3.05, 3.63) is 28.7 Å². The number of nitrogens with zero attached hydrogens (tertiary/aromatic N) is 1. The molecule has 1 saturated heterocycles. The minimum atomic E-state index is -0.457. The van der Waals surface area contributed by atoms with Gasteiger partial charge in [0, 0.05) is 29.5 Å². The molecule has 1 aromatic rings. The molecule has 1 aliphatic heterocycles. The van der Waals surface area contributed by atoms with Crippen LogP contribution in [0.1, 0.15) is 20.3 Å². The number of benzene rings is 1. The fourth-order valence-corrected chi connectivity index (χ4v) is 2.77. The second-order valence-electron chi connectivity index (χ2n) is 5.93. The van der Waals surface area contributed by atoms with E-state index in [1.54, 1.807) is 4.90 Å². The van der Waals surface area contributed by atoms with E-state index in [-0.39, 0.29) is 24.2 Å². The zero-order valence-electron chi connectivity index (χ0n) is 12.2. The Hall–Kier alpha value is -1.40. The molecule has 1 fully saturated rings. The Morgan fingerprint density at radius 1 is 1.48 bits per heavy atom. The van der Waals surface area contributed by atoms with Crippen molar-refractivity contribution in [3.8, 4) is 0 Å². The Morgan fingerprint density at radius 3 is 2.76 bits per heavy atom. The smallest absolute Gasteiger partial charge is 0.227 e. The molecule has 0 saturated carbocycles. The van der Waals surface area contributed by atoms with Gasteiger partial charge in [-0.1, -0.05) is 12.1 Å². The standard InChI is InChI=1S/C15H20BrN3O2/c1-15(2,9-17)18-14(21)10-7-13(20)19(8-10)12-6-4-3-5-11(12)16/h3-6,10H,7-9,17H2,1-2H3,(H,18,21). The van der Waals surface area contributed by atoms with Crippen LogP contribution in [0.5, 0.6) is 0 Å². The summed E-state index contributed by atoms with van der Waals surface area (Å²) in [5, 5.41) is 2.90. The first-order valence-electron chi connectivity index (χ1n) is 6.91. The molecular formula is C15H20BrN3O2. The van der Waals surface area contributed by atoms with E-state index >= 15 is 0 Å². The Labute approximate surface area is 133 Å². The van der Waals surface area contributed by atoms with Crippen molar-refractivity contribution >= 4 is 33.4 Å². The molecule has 6 heteroatoms. The molecule has 1 heterocycles. The third kappa shape index (κ3) is 3.63. The van der Waals surface area contributed by atoms with Crippen LogP contribution in [-0.2, 0) is 9.59 Å². The van der Waals surface area contributed by atoms with Crippen molar-refractivity contribution in [2.24, 2.45) is 11.7 Å². The number of halogens is 1. The van der Waals surface area contributed by atoms with Gasteiger partial charge in [-0.3, -0.25) is 9.59 Å². The topological polar surface area (TPSA) is 75.4 Å². The van der Waals surface area contributed by atoms with Crippen LogP contribution >= 0.6 is 15.9 Å². The first-order valence-corrected chi connectivity index (χ1v) is 7.70. The first kappa shape index (κ1) is 16.0. The molecule has 0 spiro atoms. The van der Waals surface area contributed by atoms with E-state index in [1.807, 2.05) is 38.1 Å². The average Bonchev–Trinajstić information content (AvgIpc) is 2.81. The van der Waals surface area contributed by atoms with Crippen LogP contribution in [0, 0.1) is 5.92 Å². The Bertz CT molecular complexity index is 560. The van der Waals surface area contributed by atoms with Gasteiger partial charge in [0.25, 0.3) is 0 Å². The number of hydrogen-bond donors (Lipinski definition) is 2. The van der Waals surface area contributed by atoms with Crippen LogP contribution in [0.4, 0.5) is 5.69 Å². The van der Waals surface area contributed by atoms with Crippen molar-refractivity contribution < 1.29 is 9.59 Å². The van der Waals surface area contributed by atoms with Crippen LogP contribution in [-0.4, -0.2) is 30.4 Å². The van der Waals surface area contributed by atoms with Gasteiger partial charge < -0.3 is 16.0 Å². The number of amides is 2. The number of para-hydroxylation sites is 1. The van der Waals surface area contributed by atoms with Crippen molar-refractivity contribution in [2.45, 2.75) is 25.8 Å². The van der Waals surface area contributed by atoms with Crippen LogP contribution in [0.2, 0.25) is 0 Å². The third-order valence-electron chi connectivity index (χ3n) is 3.61. The number of rotatable bonds is 4. The maximum atomic E-state index is 12.3. The zero-order valence-corrected chi connectivity index (χ0v) is 13.8. The summed E-state index contributed by atoms with van der Waals surface area (Å²) < 4.78 is 0.849. The minimum absolute atomic E-state index is 0.0346. The Kier molecular flexibility index (Phi) is 4.68. The van der Waals surface area contributed by atoms with Gasteiger partial charge >= 0.3 is 0 Å². The lowest BCUT2D eigenvalue weighted by atomic mass is 10.0. The van der Waals surface area contributed by atoms with E-state index in [2.05, 4.69) is 21.2 Å². The summed E-state index contributed by atoms with van der Waals surface area (Å²) in [6.45, 7) is 4.49. The van der Waals surface area contributed by atoms with E-state index in [0.717, 1.165) is 10.2 Å². The second kappa shape index (κ2) is 6.15. The molecule has 1 unspecified atom stereocenters. The highest BCUT2D eigenvalue weighted by Crippen LogP contribution is 2.31. The van der Waals surface area contributed by atoms with Gasteiger partial charge in [0.1, 0.15) is 0 Å². The molecule has 2 rings (SSSR count). The van der Waals surface area contributed by atoms with Gasteiger partial charge in [0.05, 0.1) is 11.6 Å². The fourth-order valence-electron chi connectivity index (χ4n) is 2.27. The molecule has 0 aromatic heterocycles. The molecule has 3 N–H and O–H groups in total. The number of hydrogen-bond acceptors (Lipinski definition) is 3. The van der Waals surface area contributed by atoms with Gasteiger partial charge in [-0.2, -0.15) is 0 Å². The number of nitrogens with two attached hydrogens (primary N) is 1. The molecule has 2 amide bonds. The fraction of sp³-hybridized carbons (Fsp3) is 0.467. The molecular weight excluding hydrogens is 334 g/mol. The van der Waals surface area contributed by atoms with Crippen LogP contribution in [0.15, 0.2) is 28.7 Å². The van der Waals surface area contributed by atoms with Crippen molar-refractivity contribution in [3.63, 3.8) is 0 Å². The van der Waals surface area contributed by atoms with Gasteiger partial charge in [-0.25, -0.2) is 0 Å². The monoisotopic (exact) mass is 353 g/mol. The SMILES string of the molecule is CC(C)(CN)NC(=O)C1CC(=O)N(c2ccccc2Br)C1. The highest BCUT2D eigenvalue weighted by atomic mass is 79.9. The molecule has 114 valence electrons. The van der Waals surface area contributed by atoms with Gasteiger partial charge in [-0.15, -0.1) is 0 Å². The van der Waals surface area contributed by atoms with Crippen molar-refractivity contribution in [2.75, 3.05) is 18.0 Å². The van der Waals surface area contributed by atoms with E-state index in [9.17, 15) is 9.59 Å². The van der Waals surface area contributed by atoms with Gasteiger partial charge in [-0.05, 0) is 41.9 Å². The van der Waals surface area contributed by atoms with E-state index in [1.165, 1.54) is 0 Å². The Morgan fingerprint density at radius 2 is 2.14 bits per heavy atom. The molecule has 1 atom stereocenters. The van der Waals surface area contributed by atoms with Crippen LogP contribution < -0.4 is 16.0 Å². The summed E-state index contributed by atoms with van der Waals surface area (Å²) in [6.07, 6.45) is 0.230. The van der Waals surface area contributed by atoms with Crippen molar-refractivity contribution in [1.29, 1.82) is 0 Å². The lowest BCUT2D eigenvalue weighted by Crippen LogP contribution is -2.51. The predicted octanol–water partition coefficient (Wildman–Crippen LogP) is 1.66. The molecule has 0 bridgehead atoms. The summed E-state index contributed by atoms with van der Waals surface area (Å²) in [6, 6.07) is 7.51. The summed E-state index contributed by atoms with van der Waals surface area (Å²) in [5.41, 5.74) is 5.96. The maximum absolute atomic E-state index is 12.3. The van der Waals surface area contributed by atoms with Crippen LogP contribution in [0.3, 0.4) is 0 Å².